The highest BCUT2D eigenvalue weighted by Crippen LogP contribution is 2.19. The summed E-state index contributed by atoms with van der Waals surface area (Å²) in [5, 5.41) is 11.2. The van der Waals surface area contributed by atoms with Crippen LogP contribution in [0.2, 0.25) is 0 Å². The highest BCUT2D eigenvalue weighted by atomic mass is 32.2. The Hall–Kier alpha value is -2.94. The summed E-state index contributed by atoms with van der Waals surface area (Å²) in [6.07, 6.45) is 4.47. The van der Waals surface area contributed by atoms with Gasteiger partial charge < -0.3 is 9.88 Å². The molecule has 2 heterocycles. The molecule has 0 radical (unpaired) electrons. The Balaban J connectivity index is 1.72. The third-order valence-corrected chi connectivity index (χ3v) is 4.04. The van der Waals surface area contributed by atoms with E-state index in [1.165, 1.54) is 0 Å². The second kappa shape index (κ2) is 6.89. The van der Waals surface area contributed by atoms with Gasteiger partial charge in [0.25, 0.3) is 0 Å². The Bertz CT molecular complexity index is 984. The molecule has 9 heteroatoms. The molecule has 0 spiro atoms. The predicted octanol–water partition coefficient (Wildman–Crippen LogP) is 1.86. The molecule has 0 atom stereocenters. The average Bonchev–Trinajstić information content (AvgIpc) is 2.98. The number of rotatable bonds is 6. The van der Waals surface area contributed by atoms with E-state index in [-0.39, 0.29) is 0 Å². The first kappa shape index (κ1) is 16.9. The summed E-state index contributed by atoms with van der Waals surface area (Å²) in [5.41, 5.74) is 2.37. The zero-order valence-corrected chi connectivity index (χ0v) is 14.7. The van der Waals surface area contributed by atoms with Gasteiger partial charge in [-0.25, -0.2) is 13.4 Å². The Kier molecular flexibility index (Phi) is 4.66. The topological polar surface area (TPSA) is 102 Å². The van der Waals surface area contributed by atoms with Crippen molar-refractivity contribution >= 4 is 21.5 Å². The van der Waals surface area contributed by atoms with Crippen LogP contribution >= 0.6 is 0 Å². The number of aryl methyl sites for hydroxylation is 1. The minimum atomic E-state index is -3.29. The van der Waals surface area contributed by atoms with Crippen LogP contribution in [-0.4, -0.2) is 34.4 Å². The molecule has 2 aromatic heterocycles. The molecular formula is C16H18N6O2S. The third-order valence-electron chi connectivity index (χ3n) is 3.43. The average molecular weight is 358 g/mol. The van der Waals surface area contributed by atoms with E-state index < -0.39 is 10.0 Å². The summed E-state index contributed by atoms with van der Waals surface area (Å²) in [6.45, 7) is 0.508. The Morgan fingerprint density at radius 2 is 2.04 bits per heavy atom. The van der Waals surface area contributed by atoms with E-state index in [0.29, 0.717) is 18.1 Å². The summed E-state index contributed by atoms with van der Waals surface area (Å²) >= 11 is 0. The van der Waals surface area contributed by atoms with Crippen molar-refractivity contribution in [2.75, 3.05) is 16.3 Å². The maximum absolute atomic E-state index is 11.3. The van der Waals surface area contributed by atoms with E-state index in [4.69, 9.17) is 0 Å². The molecule has 8 nitrogen and oxygen atoms in total. The van der Waals surface area contributed by atoms with E-state index in [1.807, 2.05) is 29.8 Å². The van der Waals surface area contributed by atoms with Crippen molar-refractivity contribution < 1.29 is 8.42 Å². The number of hydrogen-bond acceptors (Lipinski definition) is 6. The van der Waals surface area contributed by atoms with Crippen LogP contribution in [-0.2, 0) is 23.6 Å². The molecule has 1 aromatic carbocycles. The van der Waals surface area contributed by atoms with E-state index in [0.717, 1.165) is 23.2 Å². The van der Waals surface area contributed by atoms with Gasteiger partial charge in [0, 0.05) is 31.0 Å². The first-order valence-corrected chi connectivity index (χ1v) is 9.41. The number of hydrogen-bond donors (Lipinski definition) is 2. The lowest BCUT2D eigenvalue weighted by Gasteiger charge is -2.09. The smallest absolute Gasteiger partial charge is 0.229 e. The Labute approximate surface area is 146 Å². The zero-order valence-electron chi connectivity index (χ0n) is 13.8. The van der Waals surface area contributed by atoms with Gasteiger partial charge in [0.05, 0.1) is 6.26 Å². The number of benzene rings is 1. The van der Waals surface area contributed by atoms with Gasteiger partial charge in [-0.15, -0.1) is 10.2 Å². The van der Waals surface area contributed by atoms with Gasteiger partial charge in [0.2, 0.25) is 10.0 Å². The van der Waals surface area contributed by atoms with Gasteiger partial charge in [0.15, 0.2) is 5.82 Å². The quantitative estimate of drug-likeness (QED) is 0.697. The van der Waals surface area contributed by atoms with E-state index >= 15 is 0 Å². The van der Waals surface area contributed by atoms with Gasteiger partial charge in [0.1, 0.15) is 12.1 Å². The zero-order chi connectivity index (χ0) is 17.9. The normalized spacial score (nSPS) is 11.3. The summed E-state index contributed by atoms with van der Waals surface area (Å²) < 4.78 is 26.9. The lowest BCUT2D eigenvalue weighted by molar-refractivity contribution is 0.607. The summed E-state index contributed by atoms with van der Waals surface area (Å²) in [7, 11) is -1.42. The Morgan fingerprint density at radius 3 is 2.76 bits per heavy atom. The summed E-state index contributed by atoms with van der Waals surface area (Å²) in [5.74, 6) is 1.45. The van der Waals surface area contributed by atoms with Crippen LogP contribution in [0.1, 0.15) is 5.56 Å². The first-order valence-electron chi connectivity index (χ1n) is 7.52. The van der Waals surface area contributed by atoms with Crippen molar-refractivity contribution in [1.82, 2.24) is 19.7 Å². The van der Waals surface area contributed by atoms with E-state index in [1.54, 1.807) is 30.7 Å². The van der Waals surface area contributed by atoms with Gasteiger partial charge >= 0.3 is 0 Å². The predicted molar refractivity (Wildman–Crippen MR) is 96.5 cm³/mol. The fourth-order valence-electron chi connectivity index (χ4n) is 2.36. The SMILES string of the molecule is Cn1cnnc1-c1ccnc(NCc2cccc(NS(C)(=O)=O)c2)c1. The number of nitrogens with zero attached hydrogens (tertiary/aromatic N) is 4. The van der Waals surface area contributed by atoms with Crippen molar-refractivity contribution in [1.29, 1.82) is 0 Å². The third kappa shape index (κ3) is 4.54. The molecule has 0 bridgehead atoms. The second-order valence-electron chi connectivity index (χ2n) is 5.62. The molecule has 25 heavy (non-hydrogen) atoms. The number of anilines is 2. The molecule has 0 saturated carbocycles. The molecule has 0 amide bonds. The van der Waals surface area contributed by atoms with Crippen molar-refractivity contribution in [3.8, 4) is 11.4 Å². The van der Waals surface area contributed by atoms with Gasteiger partial charge in [-0.3, -0.25) is 4.72 Å². The molecule has 0 aliphatic carbocycles. The van der Waals surface area contributed by atoms with Crippen molar-refractivity contribution in [2.45, 2.75) is 6.54 Å². The highest BCUT2D eigenvalue weighted by molar-refractivity contribution is 7.92. The van der Waals surface area contributed by atoms with Gasteiger partial charge in [-0.1, -0.05) is 12.1 Å². The molecule has 130 valence electrons. The van der Waals surface area contributed by atoms with Crippen LogP contribution < -0.4 is 10.0 Å². The maximum atomic E-state index is 11.3. The molecule has 0 aliphatic heterocycles. The van der Waals surface area contributed by atoms with Crippen LogP contribution in [0, 0.1) is 0 Å². The van der Waals surface area contributed by atoms with Crippen LogP contribution in [0.5, 0.6) is 0 Å². The molecule has 3 rings (SSSR count). The number of nitrogens with one attached hydrogen (secondary N) is 2. The molecule has 3 aromatic rings. The molecule has 0 saturated heterocycles. The number of aromatic nitrogens is 4. The van der Waals surface area contributed by atoms with Crippen LogP contribution in [0.3, 0.4) is 0 Å². The lowest BCUT2D eigenvalue weighted by atomic mass is 10.2. The van der Waals surface area contributed by atoms with Gasteiger partial charge in [-0.2, -0.15) is 0 Å². The molecule has 0 unspecified atom stereocenters. The van der Waals surface area contributed by atoms with Crippen LogP contribution in [0.25, 0.3) is 11.4 Å². The summed E-state index contributed by atoms with van der Waals surface area (Å²) in [4.78, 5) is 4.30. The van der Waals surface area contributed by atoms with Crippen molar-refractivity contribution in [3.63, 3.8) is 0 Å². The fourth-order valence-corrected chi connectivity index (χ4v) is 2.92. The maximum Gasteiger partial charge on any atom is 0.229 e. The molecule has 0 aliphatic rings. The van der Waals surface area contributed by atoms with Crippen molar-refractivity contribution in [2.24, 2.45) is 7.05 Å². The minimum Gasteiger partial charge on any atom is -0.366 e. The van der Waals surface area contributed by atoms with Crippen LogP contribution in [0.4, 0.5) is 11.5 Å². The number of sulfonamides is 1. The molecule has 0 fully saturated rings. The molecular weight excluding hydrogens is 340 g/mol. The minimum absolute atomic E-state index is 0.508. The highest BCUT2D eigenvalue weighted by Gasteiger charge is 2.06. The first-order chi connectivity index (χ1) is 11.9. The van der Waals surface area contributed by atoms with Crippen molar-refractivity contribution in [3.05, 3.63) is 54.5 Å². The Morgan fingerprint density at radius 1 is 1.20 bits per heavy atom. The second-order valence-corrected chi connectivity index (χ2v) is 7.37. The fraction of sp³-hybridized carbons (Fsp3) is 0.188. The lowest BCUT2D eigenvalue weighted by Crippen LogP contribution is -2.10. The van der Waals surface area contributed by atoms with Crippen LogP contribution in [0.15, 0.2) is 48.9 Å². The standard InChI is InChI=1S/C16H18N6O2S/c1-22-11-19-20-16(22)13-6-7-17-15(9-13)18-10-12-4-3-5-14(8-12)21-25(2,23)24/h3-9,11,21H,10H2,1-2H3,(H,17,18). The molecule has 2 N–H and O–H groups in total. The van der Waals surface area contributed by atoms with E-state index in [2.05, 4.69) is 25.2 Å². The number of pyridine rings is 1. The summed E-state index contributed by atoms with van der Waals surface area (Å²) in [6, 6.07) is 11.0. The van der Waals surface area contributed by atoms with E-state index in [9.17, 15) is 8.42 Å². The largest absolute Gasteiger partial charge is 0.366 e. The monoisotopic (exact) mass is 358 g/mol. The van der Waals surface area contributed by atoms with Gasteiger partial charge in [-0.05, 0) is 29.8 Å².